The number of aliphatic imine (C=N–C) groups is 1. The highest BCUT2D eigenvalue weighted by Crippen LogP contribution is 2.23. The van der Waals surface area contributed by atoms with E-state index in [0.29, 0.717) is 5.02 Å². The summed E-state index contributed by atoms with van der Waals surface area (Å²) in [5, 5.41) is 0.693. The summed E-state index contributed by atoms with van der Waals surface area (Å²) in [7, 11) is 3.25. The van der Waals surface area contributed by atoms with Gasteiger partial charge < -0.3 is 9.47 Å². The maximum atomic E-state index is 5.83. The van der Waals surface area contributed by atoms with Crippen LogP contribution in [0.5, 0.6) is 11.5 Å². The molecule has 0 heterocycles. The summed E-state index contributed by atoms with van der Waals surface area (Å²) >= 11 is 5.83. The van der Waals surface area contributed by atoms with E-state index in [0.717, 1.165) is 22.7 Å². The smallest absolute Gasteiger partial charge is 0.127 e. The molecule has 2 aromatic carbocycles. The van der Waals surface area contributed by atoms with Crippen molar-refractivity contribution in [2.75, 3.05) is 14.2 Å². The van der Waals surface area contributed by atoms with Gasteiger partial charge in [-0.05, 0) is 42.5 Å². The number of ether oxygens (including phenoxy) is 2. The van der Waals surface area contributed by atoms with E-state index in [1.54, 1.807) is 32.6 Å². The van der Waals surface area contributed by atoms with Gasteiger partial charge in [-0.15, -0.1) is 0 Å². The Hall–Kier alpha value is -2.00. The molecule has 0 bridgehead atoms. The first-order chi connectivity index (χ1) is 9.22. The molecule has 0 N–H and O–H groups in total. The van der Waals surface area contributed by atoms with Crippen LogP contribution < -0.4 is 9.47 Å². The Kier molecular flexibility index (Phi) is 4.42. The van der Waals surface area contributed by atoms with E-state index in [-0.39, 0.29) is 0 Å². The van der Waals surface area contributed by atoms with Gasteiger partial charge >= 0.3 is 0 Å². The summed E-state index contributed by atoms with van der Waals surface area (Å²) in [6, 6.07) is 12.9. The Bertz CT molecular complexity index is 579. The van der Waals surface area contributed by atoms with Gasteiger partial charge in [0, 0.05) is 16.8 Å². The van der Waals surface area contributed by atoms with Crippen molar-refractivity contribution in [1.82, 2.24) is 0 Å². The monoisotopic (exact) mass is 275 g/mol. The molecule has 0 saturated heterocycles. The first kappa shape index (κ1) is 13.4. The highest BCUT2D eigenvalue weighted by atomic mass is 35.5. The third kappa shape index (κ3) is 3.48. The molecule has 98 valence electrons. The molecule has 0 unspecified atom stereocenters. The number of halogens is 1. The van der Waals surface area contributed by atoms with Crippen LogP contribution in [-0.2, 0) is 0 Å². The van der Waals surface area contributed by atoms with E-state index in [1.165, 1.54) is 0 Å². The molecule has 0 aromatic heterocycles. The van der Waals surface area contributed by atoms with Gasteiger partial charge in [-0.1, -0.05) is 11.6 Å². The van der Waals surface area contributed by atoms with Crippen LogP contribution in [0, 0.1) is 0 Å². The molecular weight excluding hydrogens is 262 g/mol. The predicted molar refractivity (Wildman–Crippen MR) is 78.3 cm³/mol. The molecule has 19 heavy (non-hydrogen) atoms. The van der Waals surface area contributed by atoms with Crippen molar-refractivity contribution in [3.05, 3.63) is 53.1 Å². The molecule has 0 amide bonds. The number of hydrogen-bond acceptors (Lipinski definition) is 3. The molecule has 0 fully saturated rings. The molecule has 0 atom stereocenters. The van der Waals surface area contributed by atoms with E-state index in [4.69, 9.17) is 21.1 Å². The van der Waals surface area contributed by atoms with Crippen LogP contribution in [0.1, 0.15) is 5.56 Å². The maximum absolute atomic E-state index is 5.83. The molecule has 0 radical (unpaired) electrons. The summed E-state index contributed by atoms with van der Waals surface area (Å²) in [4.78, 5) is 4.38. The molecule has 0 aliphatic heterocycles. The SMILES string of the molecule is COc1ccc(OC)c(C=Nc2ccc(Cl)cc2)c1. The van der Waals surface area contributed by atoms with Gasteiger partial charge in [0.25, 0.3) is 0 Å². The van der Waals surface area contributed by atoms with Crippen molar-refractivity contribution >= 4 is 23.5 Å². The zero-order chi connectivity index (χ0) is 13.7. The predicted octanol–water partition coefficient (Wildman–Crippen LogP) is 4.11. The fourth-order valence-corrected chi connectivity index (χ4v) is 1.74. The van der Waals surface area contributed by atoms with Crippen LogP contribution in [0.2, 0.25) is 5.02 Å². The fourth-order valence-electron chi connectivity index (χ4n) is 1.61. The van der Waals surface area contributed by atoms with E-state index < -0.39 is 0 Å². The first-order valence-corrected chi connectivity index (χ1v) is 6.12. The second-order valence-corrected chi connectivity index (χ2v) is 4.28. The van der Waals surface area contributed by atoms with Crippen LogP contribution in [0.15, 0.2) is 47.5 Å². The second-order valence-electron chi connectivity index (χ2n) is 3.84. The number of nitrogens with zero attached hydrogens (tertiary/aromatic N) is 1. The van der Waals surface area contributed by atoms with Gasteiger partial charge in [0.1, 0.15) is 11.5 Å². The van der Waals surface area contributed by atoms with E-state index in [9.17, 15) is 0 Å². The van der Waals surface area contributed by atoms with Crippen molar-refractivity contribution in [2.24, 2.45) is 4.99 Å². The lowest BCUT2D eigenvalue weighted by atomic mass is 10.2. The second kappa shape index (κ2) is 6.25. The Balaban J connectivity index is 2.28. The van der Waals surface area contributed by atoms with Gasteiger partial charge in [-0.25, -0.2) is 0 Å². The molecule has 2 aromatic rings. The lowest BCUT2D eigenvalue weighted by molar-refractivity contribution is 0.402. The largest absolute Gasteiger partial charge is 0.497 e. The minimum atomic E-state index is 0.693. The van der Waals surface area contributed by atoms with E-state index in [2.05, 4.69) is 4.99 Å². The molecule has 4 heteroatoms. The van der Waals surface area contributed by atoms with Crippen molar-refractivity contribution in [3.63, 3.8) is 0 Å². The molecule has 2 rings (SSSR count). The third-order valence-corrected chi connectivity index (χ3v) is 2.87. The lowest BCUT2D eigenvalue weighted by Gasteiger charge is -2.06. The third-order valence-electron chi connectivity index (χ3n) is 2.62. The maximum Gasteiger partial charge on any atom is 0.127 e. The Morgan fingerprint density at radius 2 is 1.74 bits per heavy atom. The van der Waals surface area contributed by atoms with Gasteiger partial charge in [-0.2, -0.15) is 0 Å². The zero-order valence-corrected chi connectivity index (χ0v) is 11.5. The summed E-state index contributed by atoms with van der Waals surface area (Å²) in [5.41, 5.74) is 1.69. The van der Waals surface area contributed by atoms with Gasteiger partial charge in [0.05, 0.1) is 19.9 Å². The molecule has 0 aliphatic carbocycles. The molecule has 3 nitrogen and oxygen atoms in total. The molecular formula is C15H14ClNO2. The first-order valence-electron chi connectivity index (χ1n) is 5.74. The number of hydrogen-bond donors (Lipinski definition) is 0. The van der Waals surface area contributed by atoms with Crippen molar-refractivity contribution in [3.8, 4) is 11.5 Å². The highest BCUT2D eigenvalue weighted by molar-refractivity contribution is 6.30. The number of methoxy groups -OCH3 is 2. The Morgan fingerprint density at radius 1 is 1.00 bits per heavy atom. The highest BCUT2D eigenvalue weighted by Gasteiger charge is 2.02. The summed E-state index contributed by atoms with van der Waals surface area (Å²) in [6.07, 6.45) is 1.74. The molecule has 0 saturated carbocycles. The van der Waals surface area contributed by atoms with Crippen LogP contribution in [-0.4, -0.2) is 20.4 Å². The number of benzene rings is 2. The Morgan fingerprint density at radius 3 is 2.37 bits per heavy atom. The topological polar surface area (TPSA) is 30.8 Å². The van der Waals surface area contributed by atoms with Gasteiger partial charge in [0.15, 0.2) is 0 Å². The summed E-state index contributed by atoms with van der Waals surface area (Å²) in [5.74, 6) is 1.51. The Labute approximate surface area is 117 Å². The fraction of sp³-hybridized carbons (Fsp3) is 0.133. The molecule has 0 aliphatic rings. The van der Waals surface area contributed by atoms with Crippen molar-refractivity contribution in [1.29, 1.82) is 0 Å². The quantitative estimate of drug-likeness (QED) is 0.786. The van der Waals surface area contributed by atoms with Crippen molar-refractivity contribution < 1.29 is 9.47 Å². The van der Waals surface area contributed by atoms with Crippen LogP contribution >= 0.6 is 11.6 Å². The minimum Gasteiger partial charge on any atom is -0.497 e. The lowest BCUT2D eigenvalue weighted by Crippen LogP contribution is -1.92. The minimum absolute atomic E-state index is 0.693. The van der Waals surface area contributed by atoms with Gasteiger partial charge in [0.2, 0.25) is 0 Å². The van der Waals surface area contributed by atoms with Crippen LogP contribution in [0.25, 0.3) is 0 Å². The van der Waals surface area contributed by atoms with Gasteiger partial charge in [-0.3, -0.25) is 4.99 Å². The molecule has 0 spiro atoms. The average Bonchev–Trinajstić information content (AvgIpc) is 2.46. The standard InChI is InChI=1S/C15H14ClNO2/c1-18-14-7-8-15(19-2)11(9-14)10-17-13-5-3-12(16)4-6-13/h3-10H,1-2H3. The van der Waals surface area contributed by atoms with E-state index >= 15 is 0 Å². The number of rotatable bonds is 4. The van der Waals surface area contributed by atoms with E-state index in [1.807, 2.05) is 30.3 Å². The van der Waals surface area contributed by atoms with Crippen LogP contribution in [0.4, 0.5) is 5.69 Å². The van der Waals surface area contributed by atoms with Crippen molar-refractivity contribution in [2.45, 2.75) is 0 Å². The summed E-state index contributed by atoms with van der Waals surface area (Å²) in [6.45, 7) is 0. The normalized spacial score (nSPS) is 10.7. The zero-order valence-electron chi connectivity index (χ0n) is 10.8. The summed E-state index contributed by atoms with van der Waals surface area (Å²) < 4.78 is 10.5. The average molecular weight is 276 g/mol. The van der Waals surface area contributed by atoms with Crippen LogP contribution in [0.3, 0.4) is 0 Å².